The van der Waals surface area contributed by atoms with Gasteiger partial charge in [-0.3, -0.25) is 4.68 Å². The molecule has 74 valence electrons. The summed E-state index contributed by atoms with van der Waals surface area (Å²) in [5.41, 5.74) is 0.914. The van der Waals surface area contributed by atoms with Crippen LogP contribution in [0.2, 0.25) is 5.02 Å². The summed E-state index contributed by atoms with van der Waals surface area (Å²) < 4.78 is 1.74. The third-order valence-electron chi connectivity index (χ3n) is 2.05. The fourth-order valence-electron chi connectivity index (χ4n) is 1.23. The van der Waals surface area contributed by atoms with Crippen LogP contribution < -0.4 is 0 Å². The van der Waals surface area contributed by atoms with Crippen LogP contribution in [-0.4, -0.2) is 21.0 Å². The molecule has 0 bridgehead atoms. The van der Waals surface area contributed by atoms with Crippen molar-refractivity contribution < 1.29 is 5.11 Å². The molecule has 0 saturated carbocycles. The Morgan fingerprint density at radius 1 is 1.69 bits per heavy atom. The molecule has 4 heteroatoms. The molecule has 0 fully saturated rings. The lowest BCUT2D eigenvalue weighted by atomic mass is 10.2. The quantitative estimate of drug-likeness (QED) is 0.811. The number of nitrogens with zero attached hydrogens (tertiary/aromatic N) is 2. The molecule has 1 unspecified atom stereocenters. The molecule has 1 atom stereocenters. The zero-order chi connectivity index (χ0) is 9.84. The van der Waals surface area contributed by atoms with E-state index in [0.717, 1.165) is 18.5 Å². The highest BCUT2D eigenvalue weighted by atomic mass is 35.5. The van der Waals surface area contributed by atoms with E-state index in [1.807, 2.05) is 13.8 Å². The first-order valence-corrected chi connectivity index (χ1v) is 4.89. The van der Waals surface area contributed by atoms with Gasteiger partial charge in [0.2, 0.25) is 0 Å². The van der Waals surface area contributed by atoms with E-state index in [0.29, 0.717) is 11.6 Å². The Balaban J connectivity index is 2.58. The van der Waals surface area contributed by atoms with Gasteiger partial charge in [0.1, 0.15) is 0 Å². The molecule has 3 nitrogen and oxygen atoms in total. The summed E-state index contributed by atoms with van der Waals surface area (Å²) in [6.07, 6.45) is 3.07. The molecule has 0 radical (unpaired) electrons. The molecule has 0 aliphatic carbocycles. The van der Waals surface area contributed by atoms with E-state index < -0.39 is 0 Å². The Morgan fingerprint density at radius 3 is 2.85 bits per heavy atom. The van der Waals surface area contributed by atoms with Crippen LogP contribution in [-0.2, 0) is 6.54 Å². The van der Waals surface area contributed by atoms with Crippen molar-refractivity contribution >= 4 is 11.6 Å². The monoisotopic (exact) mass is 202 g/mol. The standard InChI is InChI=1S/C9H15ClN2O/c1-3-4-8(13)6-12-7(2)9(10)5-11-12/h5,8,13H,3-4,6H2,1-2H3. The van der Waals surface area contributed by atoms with Crippen LogP contribution in [0.25, 0.3) is 0 Å². The van der Waals surface area contributed by atoms with Crippen LogP contribution >= 0.6 is 11.6 Å². The normalized spacial score (nSPS) is 13.2. The van der Waals surface area contributed by atoms with Gasteiger partial charge in [-0.25, -0.2) is 0 Å². The van der Waals surface area contributed by atoms with Crippen LogP contribution in [0.3, 0.4) is 0 Å². The van der Waals surface area contributed by atoms with Crippen molar-refractivity contribution in [3.8, 4) is 0 Å². The molecule has 0 amide bonds. The molecule has 1 rings (SSSR count). The minimum Gasteiger partial charge on any atom is -0.391 e. The smallest absolute Gasteiger partial charge is 0.0814 e. The fourth-order valence-corrected chi connectivity index (χ4v) is 1.37. The van der Waals surface area contributed by atoms with E-state index in [1.54, 1.807) is 10.9 Å². The number of hydrogen-bond donors (Lipinski definition) is 1. The van der Waals surface area contributed by atoms with Crippen molar-refractivity contribution in [2.45, 2.75) is 39.3 Å². The molecule has 0 aliphatic rings. The maximum absolute atomic E-state index is 9.53. The summed E-state index contributed by atoms with van der Waals surface area (Å²) in [5, 5.41) is 14.3. The van der Waals surface area contributed by atoms with Crippen LogP contribution in [0.15, 0.2) is 6.20 Å². The lowest BCUT2D eigenvalue weighted by Gasteiger charge is -2.10. The second-order valence-electron chi connectivity index (χ2n) is 3.20. The molecule has 0 aliphatic heterocycles. The second-order valence-corrected chi connectivity index (χ2v) is 3.61. The van der Waals surface area contributed by atoms with Gasteiger partial charge >= 0.3 is 0 Å². The van der Waals surface area contributed by atoms with Crippen molar-refractivity contribution in [1.29, 1.82) is 0 Å². The first-order valence-electron chi connectivity index (χ1n) is 4.51. The lowest BCUT2D eigenvalue weighted by molar-refractivity contribution is 0.138. The van der Waals surface area contributed by atoms with Crippen molar-refractivity contribution in [2.24, 2.45) is 0 Å². The molecule has 1 aromatic rings. The molecule has 1 heterocycles. The summed E-state index contributed by atoms with van der Waals surface area (Å²) in [6, 6.07) is 0. The molecule has 0 saturated heterocycles. The minimum absolute atomic E-state index is 0.320. The van der Waals surface area contributed by atoms with Gasteiger partial charge < -0.3 is 5.11 Å². The van der Waals surface area contributed by atoms with E-state index in [-0.39, 0.29) is 6.10 Å². The largest absolute Gasteiger partial charge is 0.391 e. The number of aromatic nitrogens is 2. The van der Waals surface area contributed by atoms with Gasteiger partial charge in [-0.2, -0.15) is 5.10 Å². The average molecular weight is 203 g/mol. The minimum atomic E-state index is -0.320. The van der Waals surface area contributed by atoms with Crippen LogP contribution in [0.4, 0.5) is 0 Å². The number of hydrogen-bond acceptors (Lipinski definition) is 2. The summed E-state index contributed by atoms with van der Waals surface area (Å²) in [5.74, 6) is 0. The van der Waals surface area contributed by atoms with Crippen molar-refractivity contribution in [2.75, 3.05) is 0 Å². The maximum atomic E-state index is 9.53. The van der Waals surface area contributed by atoms with E-state index in [2.05, 4.69) is 5.10 Å². The second kappa shape index (κ2) is 4.63. The average Bonchev–Trinajstić information content (AvgIpc) is 2.37. The molecular formula is C9H15ClN2O. The number of aliphatic hydroxyl groups excluding tert-OH is 1. The van der Waals surface area contributed by atoms with Gasteiger partial charge in [0, 0.05) is 0 Å². The molecule has 1 N–H and O–H groups in total. The first-order chi connectivity index (χ1) is 6.15. The topological polar surface area (TPSA) is 38.0 Å². The van der Waals surface area contributed by atoms with Crippen molar-refractivity contribution in [3.63, 3.8) is 0 Å². The van der Waals surface area contributed by atoms with E-state index in [1.165, 1.54) is 0 Å². The Hall–Kier alpha value is -0.540. The molecule has 0 spiro atoms. The Labute approximate surface area is 83.3 Å². The van der Waals surface area contributed by atoms with Crippen LogP contribution in [0.1, 0.15) is 25.5 Å². The molecule has 1 aromatic heterocycles. The van der Waals surface area contributed by atoms with Gasteiger partial charge in [0.25, 0.3) is 0 Å². The summed E-state index contributed by atoms with van der Waals surface area (Å²) in [7, 11) is 0. The zero-order valence-electron chi connectivity index (χ0n) is 8.00. The third kappa shape index (κ3) is 2.71. The van der Waals surface area contributed by atoms with Gasteiger partial charge in [0.15, 0.2) is 0 Å². The predicted molar refractivity (Wildman–Crippen MR) is 52.9 cm³/mol. The van der Waals surface area contributed by atoms with E-state index in [9.17, 15) is 5.11 Å². The van der Waals surface area contributed by atoms with Gasteiger partial charge in [-0.05, 0) is 13.3 Å². The highest BCUT2D eigenvalue weighted by Gasteiger charge is 2.08. The summed E-state index contributed by atoms with van der Waals surface area (Å²) >= 11 is 5.82. The SMILES string of the molecule is CCCC(O)Cn1ncc(Cl)c1C. The third-order valence-corrected chi connectivity index (χ3v) is 2.42. The van der Waals surface area contributed by atoms with E-state index >= 15 is 0 Å². The summed E-state index contributed by atoms with van der Waals surface area (Å²) in [6.45, 7) is 4.48. The maximum Gasteiger partial charge on any atom is 0.0814 e. The number of halogens is 1. The highest BCUT2D eigenvalue weighted by molar-refractivity contribution is 6.31. The van der Waals surface area contributed by atoms with E-state index in [4.69, 9.17) is 11.6 Å². The molecular weight excluding hydrogens is 188 g/mol. The van der Waals surface area contributed by atoms with Gasteiger partial charge in [-0.1, -0.05) is 24.9 Å². The van der Waals surface area contributed by atoms with Crippen molar-refractivity contribution in [3.05, 3.63) is 16.9 Å². The Bertz CT molecular complexity index is 273. The van der Waals surface area contributed by atoms with Crippen molar-refractivity contribution in [1.82, 2.24) is 9.78 Å². The lowest BCUT2D eigenvalue weighted by Crippen LogP contribution is -2.17. The Morgan fingerprint density at radius 2 is 2.38 bits per heavy atom. The first kappa shape index (κ1) is 10.5. The predicted octanol–water partition coefficient (Wildman–Crippen LogP) is 2.01. The summed E-state index contributed by atoms with van der Waals surface area (Å²) in [4.78, 5) is 0. The molecule has 13 heavy (non-hydrogen) atoms. The van der Waals surface area contributed by atoms with Gasteiger partial charge in [-0.15, -0.1) is 0 Å². The number of rotatable bonds is 4. The highest BCUT2D eigenvalue weighted by Crippen LogP contribution is 2.14. The molecule has 0 aromatic carbocycles. The van der Waals surface area contributed by atoms with Crippen LogP contribution in [0.5, 0.6) is 0 Å². The zero-order valence-corrected chi connectivity index (χ0v) is 8.75. The number of aliphatic hydroxyl groups is 1. The fraction of sp³-hybridized carbons (Fsp3) is 0.667. The van der Waals surface area contributed by atoms with Gasteiger partial charge in [0.05, 0.1) is 29.6 Å². The van der Waals surface area contributed by atoms with Crippen LogP contribution in [0, 0.1) is 6.92 Å². The Kier molecular flexibility index (Phi) is 3.75.